The van der Waals surface area contributed by atoms with Crippen LogP contribution >= 0.6 is 0 Å². The molecule has 1 aromatic carbocycles. The van der Waals surface area contributed by atoms with Crippen LogP contribution in [0.1, 0.15) is 36.2 Å². The van der Waals surface area contributed by atoms with Crippen molar-refractivity contribution in [1.29, 1.82) is 5.26 Å². The van der Waals surface area contributed by atoms with E-state index in [1.807, 2.05) is 6.07 Å². The quantitative estimate of drug-likeness (QED) is 0.452. The Morgan fingerprint density at radius 3 is 2.59 bits per heavy atom. The zero-order valence-electron chi connectivity index (χ0n) is 9.77. The van der Waals surface area contributed by atoms with E-state index in [0.29, 0.717) is 0 Å². The maximum atomic E-state index is 11.8. The van der Waals surface area contributed by atoms with Gasteiger partial charge in [0.25, 0.3) is 0 Å². The highest BCUT2D eigenvalue weighted by Gasteiger charge is 2.16. The Bertz CT molecular complexity index is 472. The van der Waals surface area contributed by atoms with Crippen LogP contribution in [0, 0.1) is 11.3 Å². The number of ketones is 1. The first-order valence-electron chi connectivity index (χ1n) is 5.26. The van der Waals surface area contributed by atoms with Crippen LogP contribution in [0.3, 0.4) is 0 Å². The zero-order chi connectivity index (χ0) is 12.8. The van der Waals surface area contributed by atoms with Gasteiger partial charge in [-0.05, 0) is 19.9 Å². The number of rotatable bonds is 4. The van der Waals surface area contributed by atoms with Crippen LogP contribution in [-0.4, -0.2) is 17.9 Å². The van der Waals surface area contributed by atoms with Crippen molar-refractivity contribution in [2.24, 2.45) is 0 Å². The lowest BCUT2D eigenvalue weighted by molar-refractivity contribution is -0.146. The molecule has 4 nitrogen and oxygen atoms in total. The molecule has 1 rings (SSSR count). The Morgan fingerprint density at radius 1 is 1.35 bits per heavy atom. The molecule has 4 heteroatoms. The second-order valence-corrected chi connectivity index (χ2v) is 3.80. The van der Waals surface area contributed by atoms with E-state index in [0.717, 1.165) is 0 Å². The fourth-order valence-corrected chi connectivity index (χ4v) is 1.35. The lowest BCUT2D eigenvalue weighted by Crippen LogP contribution is -2.16. The largest absolute Gasteiger partial charge is 0.463 e. The predicted molar refractivity (Wildman–Crippen MR) is 61.3 cm³/mol. The smallest absolute Gasteiger partial charge is 0.313 e. The van der Waals surface area contributed by atoms with Crippen molar-refractivity contribution in [2.75, 3.05) is 0 Å². The first kappa shape index (κ1) is 12.9. The van der Waals surface area contributed by atoms with Crippen molar-refractivity contribution >= 4 is 11.8 Å². The van der Waals surface area contributed by atoms with Crippen molar-refractivity contribution in [3.8, 4) is 6.07 Å². The molecule has 0 saturated carbocycles. The topological polar surface area (TPSA) is 67.2 Å². The summed E-state index contributed by atoms with van der Waals surface area (Å²) in [5.74, 6) is -0.967. The van der Waals surface area contributed by atoms with E-state index in [-0.39, 0.29) is 23.7 Å². The molecule has 88 valence electrons. The first-order chi connectivity index (χ1) is 8.04. The van der Waals surface area contributed by atoms with Crippen LogP contribution in [-0.2, 0) is 9.53 Å². The number of carbonyl (C=O) groups is 2. The van der Waals surface area contributed by atoms with Crippen LogP contribution in [0.25, 0.3) is 0 Å². The number of carbonyl (C=O) groups excluding carboxylic acids is 2. The van der Waals surface area contributed by atoms with Crippen molar-refractivity contribution in [3.63, 3.8) is 0 Å². The molecule has 0 aliphatic rings. The van der Waals surface area contributed by atoms with Crippen molar-refractivity contribution in [2.45, 2.75) is 26.4 Å². The second-order valence-electron chi connectivity index (χ2n) is 3.80. The minimum atomic E-state index is -0.572. The summed E-state index contributed by atoms with van der Waals surface area (Å²) in [6, 6.07) is 8.31. The van der Waals surface area contributed by atoms with Crippen LogP contribution < -0.4 is 0 Å². The molecule has 0 radical (unpaired) electrons. The Morgan fingerprint density at radius 2 is 2.00 bits per heavy atom. The maximum Gasteiger partial charge on any atom is 0.313 e. The predicted octanol–water partition coefficient (Wildman–Crippen LogP) is 2.08. The zero-order valence-corrected chi connectivity index (χ0v) is 9.77. The second kappa shape index (κ2) is 5.80. The number of hydrogen-bond acceptors (Lipinski definition) is 4. The van der Waals surface area contributed by atoms with Crippen molar-refractivity contribution in [3.05, 3.63) is 35.4 Å². The van der Waals surface area contributed by atoms with Gasteiger partial charge in [-0.3, -0.25) is 9.59 Å². The van der Waals surface area contributed by atoms with Gasteiger partial charge >= 0.3 is 5.97 Å². The fraction of sp³-hybridized carbons (Fsp3) is 0.308. The number of Topliss-reactive ketones (excluding diaryl/α,β-unsaturated/α-hetero) is 1. The molecule has 0 atom stereocenters. The summed E-state index contributed by atoms with van der Waals surface area (Å²) in [6.07, 6.45) is -0.585. The van der Waals surface area contributed by atoms with Gasteiger partial charge in [-0.25, -0.2) is 0 Å². The highest BCUT2D eigenvalue weighted by Crippen LogP contribution is 2.10. The van der Waals surface area contributed by atoms with Crippen molar-refractivity contribution < 1.29 is 14.3 Å². The Labute approximate surface area is 99.8 Å². The third kappa shape index (κ3) is 3.72. The summed E-state index contributed by atoms with van der Waals surface area (Å²) in [4.78, 5) is 23.1. The summed E-state index contributed by atoms with van der Waals surface area (Å²) in [5, 5.41) is 8.83. The molecule has 17 heavy (non-hydrogen) atoms. The molecule has 0 bridgehead atoms. The molecule has 0 unspecified atom stereocenters. The van der Waals surface area contributed by atoms with Gasteiger partial charge in [-0.1, -0.05) is 18.2 Å². The third-order valence-corrected chi connectivity index (χ3v) is 2.02. The highest BCUT2D eigenvalue weighted by molar-refractivity contribution is 6.07. The Hall–Kier alpha value is -2.15. The van der Waals surface area contributed by atoms with Crippen LogP contribution in [0.2, 0.25) is 0 Å². The molecule has 0 fully saturated rings. The number of benzene rings is 1. The van der Waals surface area contributed by atoms with E-state index in [1.54, 1.807) is 32.0 Å². The lowest BCUT2D eigenvalue weighted by Gasteiger charge is -2.07. The summed E-state index contributed by atoms with van der Waals surface area (Å²) in [7, 11) is 0. The number of ether oxygens (including phenoxy) is 1. The number of nitrogens with zero attached hydrogens (tertiary/aromatic N) is 1. The van der Waals surface area contributed by atoms with E-state index in [2.05, 4.69) is 0 Å². The van der Waals surface area contributed by atoms with Crippen LogP contribution in [0.5, 0.6) is 0 Å². The molecule has 0 amide bonds. The third-order valence-electron chi connectivity index (χ3n) is 2.02. The monoisotopic (exact) mass is 231 g/mol. The first-order valence-corrected chi connectivity index (χ1v) is 5.26. The van der Waals surface area contributed by atoms with Gasteiger partial charge in [-0.2, -0.15) is 5.26 Å². The molecule has 0 heterocycles. The fourth-order valence-electron chi connectivity index (χ4n) is 1.35. The van der Waals surface area contributed by atoms with Crippen LogP contribution in [0.4, 0.5) is 0 Å². The average molecular weight is 231 g/mol. The van der Waals surface area contributed by atoms with E-state index >= 15 is 0 Å². The molecule has 0 spiro atoms. The molecule has 0 saturated heterocycles. The minimum Gasteiger partial charge on any atom is -0.463 e. The molecule has 0 aromatic heterocycles. The molecule has 0 N–H and O–H groups in total. The number of esters is 1. The van der Waals surface area contributed by atoms with E-state index in [4.69, 9.17) is 10.00 Å². The van der Waals surface area contributed by atoms with Gasteiger partial charge in [0.1, 0.15) is 6.42 Å². The Kier molecular flexibility index (Phi) is 4.41. The van der Waals surface area contributed by atoms with E-state index in [1.165, 1.54) is 6.07 Å². The standard InChI is InChI=1S/C13H13NO3/c1-9(2)17-13(16)7-12(15)11-6-4-3-5-10(11)8-14/h3-6,9H,7H2,1-2H3. The summed E-state index contributed by atoms with van der Waals surface area (Å²) in [5.41, 5.74) is 0.533. The number of nitriles is 1. The van der Waals surface area contributed by atoms with Gasteiger partial charge in [0.2, 0.25) is 0 Å². The van der Waals surface area contributed by atoms with E-state index < -0.39 is 11.8 Å². The highest BCUT2D eigenvalue weighted by atomic mass is 16.5. The summed E-state index contributed by atoms with van der Waals surface area (Å²) >= 11 is 0. The maximum absolute atomic E-state index is 11.8. The van der Waals surface area contributed by atoms with Gasteiger partial charge < -0.3 is 4.74 Å². The van der Waals surface area contributed by atoms with E-state index in [9.17, 15) is 9.59 Å². The molecule has 1 aromatic rings. The van der Waals surface area contributed by atoms with Crippen LogP contribution in [0.15, 0.2) is 24.3 Å². The minimum absolute atomic E-state index is 0.249. The lowest BCUT2D eigenvalue weighted by atomic mass is 10.0. The SMILES string of the molecule is CC(C)OC(=O)CC(=O)c1ccccc1C#N. The van der Waals surface area contributed by atoms with Gasteiger partial charge in [0.05, 0.1) is 17.7 Å². The molecular formula is C13H13NO3. The van der Waals surface area contributed by atoms with Gasteiger partial charge in [-0.15, -0.1) is 0 Å². The number of hydrogen-bond donors (Lipinski definition) is 0. The molecule has 0 aliphatic heterocycles. The van der Waals surface area contributed by atoms with Gasteiger partial charge in [0, 0.05) is 5.56 Å². The average Bonchev–Trinajstić information content (AvgIpc) is 2.27. The van der Waals surface area contributed by atoms with Crippen molar-refractivity contribution in [1.82, 2.24) is 0 Å². The Balaban J connectivity index is 2.77. The molecular weight excluding hydrogens is 218 g/mol. The normalized spacial score (nSPS) is 9.76. The summed E-state index contributed by atoms with van der Waals surface area (Å²) in [6.45, 7) is 3.43. The van der Waals surface area contributed by atoms with Gasteiger partial charge in [0.15, 0.2) is 5.78 Å². The summed E-state index contributed by atoms with van der Waals surface area (Å²) < 4.78 is 4.87. The molecule has 0 aliphatic carbocycles.